The van der Waals surface area contributed by atoms with Gasteiger partial charge in [-0.3, -0.25) is 4.79 Å². The first-order chi connectivity index (χ1) is 8.11. The molecule has 1 N–H and O–H groups in total. The maximum absolute atomic E-state index is 11.3. The molecule has 1 heterocycles. The lowest BCUT2D eigenvalue weighted by atomic mass is 9.94. The van der Waals surface area contributed by atoms with Crippen molar-refractivity contribution in [1.82, 2.24) is 4.90 Å². The van der Waals surface area contributed by atoms with E-state index in [1.807, 2.05) is 6.07 Å². The molecule has 1 aromatic carbocycles. The van der Waals surface area contributed by atoms with Crippen LogP contribution in [0.5, 0.6) is 0 Å². The number of rotatable bonds is 2. The molecule has 2 rings (SSSR count). The predicted molar refractivity (Wildman–Crippen MR) is 70.0 cm³/mol. The van der Waals surface area contributed by atoms with E-state index in [-0.39, 0.29) is 5.91 Å². The van der Waals surface area contributed by atoms with Gasteiger partial charge in [0.25, 0.3) is 0 Å². The highest BCUT2D eigenvalue weighted by atomic mass is 16.1. The van der Waals surface area contributed by atoms with Gasteiger partial charge in [-0.1, -0.05) is 12.6 Å². The lowest BCUT2D eigenvalue weighted by molar-refractivity contribution is -0.111. The molecular weight excluding hydrogens is 212 g/mol. The van der Waals surface area contributed by atoms with Crippen molar-refractivity contribution in [2.45, 2.75) is 19.9 Å². The molecule has 0 atom stereocenters. The first kappa shape index (κ1) is 11.9. The minimum Gasteiger partial charge on any atom is -0.322 e. The molecule has 3 nitrogen and oxygen atoms in total. The van der Waals surface area contributed by atoms with Gasteiger partial charge in [-0.25, -0.2) is 0 Å². The summed E-state index contributed by atoms with van der Waals surface area (Å²) in [6.07, 6.45) is 2.38. The van der Waals surface area contributed by atoms with E-state index in [0.717, 1.165) is 25.2 Å². The first-order valence-corrected chi connectivity index (χ1v) is 5.85. The molecule has 0 saturated heterocycles. The summed E-state index contributed by atoms with van der Waals surface area (Å²) in [5, 5.41) is 2.85. The number of hydrogen-bond donors (Lipinski definition) is 1. The number of nitrogens with zero attached hydrogens (tertiary/aromatic N) is 1. The van der Waals surface area contributed by atoms with Crippen molar-refractivity contribution in [2.24, 2.45) is 0 Å². The van der Waals surface area contributed by atoms with Crippen LogP contribution in [0.4, 0.5) is 5.69 Å². The van der Waals surface area contributed by atoms with Crippen LogP contribution in [-0.4, -0.2) is 24.4 Å². The third-order valence-electron chi connectivity index (χ3n) is 3.33. The molecule has 0 radical (unpaired) electrons. The summed E-state index contributed by atoms with van der Waals surface area (Å²) >= 11 is 0. The summed E-state index contributed by atoms with van der Waals surface area (Å²) in [5.41, 5.74) is 4.81. The van der Waals surface area contributed by atoms with Gasteiger partial charge in [0.1, 0.15) is 0 Å². The van der Waals surface area contributed by atoms with Gasteiger partial charge in [0, 0.05) is 18.8 Å². The minimum absolute atomic E-state index is 0.155. The number of carbonyl (C=O) groups is 1. The molecule has 0 aliphatic carbocycles. The Hall–Kier alpha value is -1.61. The van der Waals surface area contributed by atoms with Gasteiger partial charge >= 0.3 is 0 Å². The average molecular weight is 230 g/mol. The van der Waals surface area contributed by atoms with Crippen LogP contribution in [0, 0.1) is 6.92 Å². The highest BCUT2D eigenvalue weighted by Crippen LogP contribution is 2.27. The lowest BCUT2D eigenvalue weighted by Crippen LogP contribution is -2.27. The van der Waals surface area contributed by atoms with Crippen molar-refractivity contribution in [2.75, 3.05) is 18.9 Å². The third kappa shape index (κ3) is 2.39. The molecular formula is C14H18N2O. The van der Waals surface area contributed by atoms with Crippen molar-refractivity contribution >= 4 is 11.6 Å². The molecule has 0 unspecified atom stereocenters. The molecule has 0 spiro atoms. The number of nitrogens with one attached hydrogen (secondary N) is 1. The zero-order valence-corrected chi connectivity index (χ0v) is 10.4. The van der Waals surface area contributed by atoms with Crippen LogP contribution in [-0.2, 0) is 17.8 Å². The Labute approximate surface area is 102 Å². The lowest BCUT2D eigenvalue weighted by Gasteiger charge is -2.27. The van der Waals surface area contributed by atoms with E-state index in [1.165, 1.54) is 22.8 Å². The number of fused-ring (bicyclic) bond motifs is 1. The van der Waals surface area contributed by atoms with Crippen molar-refractivity contribution in [3.63, 3.8) is 0 Å². The third-order valence-corrected chi connectivity index (χ3v) is 3.33. The highest BCUT2D eigenvalue weighted by Gasteiger charge is 2.17. The monoisotopic (exact) mass is 230 g/mol. The standard InChI is InChI=1S/C14H18N2O/c1-4-14(17)15-13-6-5-11-7-8-16(3)9-12(11)10(13)2/h4-6H,1,7-9H2,2-3H3,(H,15,17). The molecule has 1 aliphatic heterocycles. The molecule has 1 aliphatic rings. The summed E-state index contributed by atoms with van der Waals surface area (Å²) in [6, 6.07) is 4.11. The predicted octanol–water partition coefficient (Wildman–Crippen LogP) is 2.11. The smallest absolute Gasteiger partial charge is 0.247 e. The summed E-state index contributed by atoms with van der Waals surface area (Å²) in [4.78, 5) is 13.6. The number of anilines is 1. The van der Waals surface area contributed by atoms with Crippen LogP contribution in [0.3, 0.4) is 0 Å². The second kappa shape index (κ2) is 4.72. The number of hydrogen-bond acceptors (Lipinski definition) is 2. The van der Waals surface area contributed by atoms with Crippen LogP contribution in [0.25, 0.3) is 0 Å². The zero-order valence-electron chi connectivity index (χ0n) is 10.4. The van der Waals surface area contributed by atoms with E-state index in [0.29, 0.717) is 0 Å². The fourth-order valence-corrected chi connectivity index (χ4v) is 2.25. The van der Waals surface area contributed by atoms with Crippen molar-refractivity contribution < 1.29 is 4.79 Å². The van der Waals surface area contributed by atoms with Crippen LogP contribution in [0.2, 0.25) is 0 Å². The normalized spacial score (nSPS) is 15.2. The molecule has 0 saturated carbocycles. The molecule has 17 heavy (non-hydrogen) atoms. The molecule has 0 bridgehead atoms. The van der Waals surface area contributed by atoms with Gasteiger partial charge in [-0.15, -0.1) is 0 Å². The molecule has 0 fully saturated rings. The zero-order chi connectivity index (χ0) is 12.4. The topological polar surface area (TPSA) is 32.3 Å². The second-order valence-electron chi connectivity index (χ2n) is 4.56. The van der Waals surface area contributed by atoms with Crippen LogP contribution < -0.4 is 5.32 Å². The number of likely N-dealkylation sites (N-methyl/N-ethyl adjacent to an activating group) is 1. The van der Waals surface area contributed by atoms with Crippen molar-refractivity contribution in [3.05, 3.63) is 41.5 Å². The van der Waals surface area contributed by atoms with Crippen LogP contribution >= 0.6 is 0 Å². The summed E-state index contributed by atoms with van der Waals surface area (Å²) < 4.78 is 0. The Morgan fingerprint density at radius 3 is 3.00 bits per heavy atom. The van der Waals surface area contributed by atoms with Gasteiger partial charge in [0.05, 0.1) is 0 Å². The summed E-state index contributed by atoms with van der Waals surface area (Å²) in [7, 11) is 2.12. The summed E-state index contributed by atoms with van der Waals surface area (Å²) in [5.74, 6) is -0.155. The van der Waals surface area contributed by atoms with Crippen molar-refractivity contribution in [1.29, 1.82) is 0 Å². The van der Waals surface area contributed by atoms with Gasteiger partial charge in [0.2, 0.25) is 5.91 Å². The maximum Gasteiger partial charge on any atom is 0.247 e. The van der Waals surface area contributed by atoms with Gasteiger partial charge in [-0.2, -0.15) is 0 Å². The SMILES string of the molecule is C=CC(=O)Nc1ccc2c(c1C)CN(C)CC2. The van der Waals surface area contributed by atoms with Crippen molar-refractivity contribution in [3.8, 4) is 0 Å². The minimum atomic E-state index is -0.155. The number of amides is 1. The highest BCUT2D eigenvalue weighted by molar-refractivity contribution is 5.99. The quantitative estimate of drug-likeness (QED) is 0.789. The van der Waals surface area contributed by atoms with Gasteiger partial charge in [0.15, 0.2) is 0 Å². The van der Waals surface area contributed by atoms with E-state index in [2.05, 4.69) is 36.8 Å². The Kier molecular flexibility index (Phi) is 3.29. The fourth-order valence-electron chi connectivity index (χ4n) is 2.25. The van der Waals surface area contributed by atoms with Gasteiger partial charge in [-0.05, 0) is 49.2 Å². The second-order valence-corrected chi connectivity index (χ2v) is 4.56. The molecule has 1 amide bonds. The van der Waals surface area contributed by atoms with E-state index in [4.69, 9.17) is 0 Å². The first-order valence-electron chi connectivity index (χ1n) is 5.85. The number of benzene rings is 1. The van der Waals surface area contributed by atoms with E-state index in [9.17, 15) is 4.79 Å². The Morgan fingerprint density at radius 2 is 2.29 bits per heavy atom. The number of carbonyl (C=O) groups excluding carboxylic acids is 1. The molecule has 0 aromatic heterocycles. The van der Waals surface area contributed by atoms with Crippen LogP contribution in [0.1, 0.15) is 16.7 Å². The summed E-state index contributed by atoms with van der Waals surface area (Å²) in [6.45, 7) is 7.59. The molecule has 1 aromatic rings. The van der Waals surface area contributed by atoms with E-state index >= 15 is 0 Å². The maximum atomic E-state index is 11.3. The fraction of sp³-hybridized carbons (Fsp3) is 0.357. The largest absolute Gasteiger partial charge is 0.322 e. The molecule has 3 heteroatoms. The van der Waals surface area contributed by atoms with Crippen LogP contribution in [0.15, 0.2) is 24.8 Å². The molecule has 90 valence electrons. The Balaban J connectivity index is 2.34. The van der Waals surface area contributed by atoms with E-state index in [1.54, 1.807) is 0 Å². The van der Waals surface area contributed by atoms with E-state index < -0.39 is 0 Å². The Bertz CT molecular complexity index is 466. The average Bonchev–Trinajstić information content (AvgIpc) is 2.33. The van der Waals surface area contributed by atoms with Gasteiger partial charge < -0.3 is 10.2 Å². The Morgan fingerprint density at radius 1 is 1.53 bits per heavy atom.